The average Bonchev–Trinajstić information content (AvgIpc) is 2.63. The lowest BCUT2D eigenvalue weighted by molar-refractivity contribution is 0.0414. The van der Waals surface area contributed by atoms with Gasteiger partial charge in [-0.05, 0) is 61.9 Å². The Morgan fingerprint density at radius 3 is 2.31 bits per heavy atom. The van der Waals surface area contributed by atoms with Crippen molar-refractivity contribution in [3.8, 4) is 5.75 Å². The number of phenols is 1. The molecule has 1 aliphatic heterocycles. The first-order valence-electron chi connectivity index (χ1n) is 8.52. The maximum Gasteiger partial charge on any atom is 0.254 e. The van der Waals surface area contributed by atoms with E-state index in [2.05, 4.69) is 0 Å². The van der Waals surface area contributed by atoms with Crippen molar-refractivity contribution in [1.82, 2.24) is 9.80 Å². The maximum absolute atomic E-state index is 13.0. The van der Waals surface area contributed by atoms with Crippen molar-refractivity contribution in [3.05, 3.63) is 65.0 Å². The van der Waals surface area contributed by atoms with Gasteiger partial charge in [-0.25, -0.2) is 4.39 Å². The van der Waals surface area contributed by atoms with E-state index in [1.165, 1.54) is 30.3 Å². The quantitative estimate of drug-likeness (QED) is 0.900. The molecule has 26 heavy (non-hydrogen) atoms. The van der Waals surface area contributed by atoms with E-state index >= 15 is 0 Å². The van der Waals surface area contributed by atoms with E-state index in [1.807, 2.05) is 6.92 Å². The Hall–Kier alpha value is -2.89. The Labute approximate surface area is 151 Å². The topological polar surface area (TPSA) is 60.9 Å². The first-order chi connectivity index (χ1) is 12.4. The number of nitrogens with zero attached hydrogens (tertiary/aromatic N) is 2. The summed E-state index contributed by atoms with van der Waals surface area (Å²) in [5, 5.41) is 9.62. The standard InChI is InChI=1S/C20H21FN2O3/c1-13-11-16(5-8-18(13)24)20(26)23-10-9-22(12-14(23)2)19(25)15-3-6-17(21)7-4-15/h3-8,11,14,24H,9-10,12H2,1-2H3/t14-/m1/s1. The van der Waals surface area contributed by atoms with Crippen molar-refractivity contribution < 1.29 is 19.1 Å². The van der Waals surface area contributed by atoms with Crippen LogP contribution in [0.4, 0.5) is 4.39 Å². The number of aromatic hydroxyl groups is 1. The van der Waals surface area contributed by atoms with Gasteiger partial charge in [0.2, 0.25) is 0 Å². The second kappa shape index (κ2) is 7.15. The Morgan fingerprint density at radius 2 is 1.69 bits per heavy atom. The van der Waals surface area contributed by atoms with E-state index in [9.17, 15) is 19.1 Å². The van der Waals surface area contributed by atoms with Gasteiger partial charge in [0.05, 0.1) is 0 Å². The zero-order chi connectivity index (χ0) is 18.8. The van der Waals surface area contributed by atoms with Gasteiger partial charge in [0, 0.05) is 36.8 Å². The summed E-state index contributed by atoms with van der Waals surface area (Å²) in [5.41, 5.74) is 1.60. The zero-order valence-electron chi connectivity index (χ0n) is 14.8. The minimum atomic E-state index is -0.380. The normalized spacial score (nSPS) is 17.3. The molecule has 0 saturated carbocycles. The summed E-state index contributed by atoms with van der Waals surface area (Å²) in [6.45, 7) is 4.90. The first-order valence-corrected chi connectivity index (χ1v) is 8.52. The highest BCUT2D eigenvalue weighted by molar-refractivity contribution is 5.96. The van der Waals surface area contributed by atoms with Crippen molar-refractivity contribution in [2.75, 3.05) is 19.6 Å². The van der Waals surface area contributed by atoms with Gasteiger partial charge in [0.25, 0.3) is 11.8 Å². The molecule has 0 spiro atoms. The predicted octanol–water partition coefficient (Wildman–Crippen LogP) is 2.83. The number of piperazine rings is 1. The number of amides is 2. The molecule has 0 radical (unpaired) electrons. The molecule has 1 N–H and O–H groups in total. The van der Waals surface area contributed by atoms with E-state index in [1.54, 1.807) is 28.9 Å². The fourth-order valence-electron chi connectivity index (χ4n) is 3.17. The SMILES string of the molecule is Cc1cc(C(=O)N2CCN(C(=O)c3ccc(F)cc3)C[C@H]2C)ccc1O. The molecule has 0 unspecified atom stereocenters. The number of carbonyl (C=O) groups excluding carboxylic acids is 2. The molecule has 0 aromatic heterocycles. The van der Waals surface area contributed by atoms with Gasteiger partial charge >= 0.3 is 0 Å². The number of halogens is 1. The predicted molar refractivity (Wildman–Crippen MR) is 95.6 cm³/mol. The molecular weight excluding hydrogens is 335 g/mol. The summed E-state index contributed by atoms with van der Waals surface area (Å²) in [4.78, 5) is 28.7. The van der Waals surface area contributed by atoms with Gasteiger partial charge in [-0.1, -0.05) is 0 Å². The van der Waals surface area contributed by atoms with Crippen molar-refractivity contribution in [1.29, 1.82) is 0 Å². The van der Waals surface area contributed by atoms with E-state index < -0.39 is 0 Å². The summed E-state index contributed by atoms with van der Waals surface area (Å²) < 4.78 is 13.0. The van der Waals surface area contributed by atoms with Crippen LogP contribution in [0, 0.1) is 12.7 Å². The molecule has 1 aliphatic rings. The van der Waals surface area contributed by atoms with Crippen molar-refractivity contribution in [2.45, 2.75) is 19.9 Å². The third-order valence-electron chi connectivity index (χ3n) is 4.71. The molecule has 2 aromatic carbocycles. The molecule has 0 aliphatic carbocycles. The third-order valence-corrected chi connectivity index (χ3v) is 4.71. The molecule has 2 amide bonds. The number of carbonyl (C=O) groups is 2. The van der Waals surface area contributed by atoms with Crippen molar-refractivity contribution in [3.63, 3.8) is 0 Å². The van der Waals surface area contributed by atoms with Gasteiger partial charge in [-0.2, -0.15) is 0 Å². The van der Waals surface area contributed by atoms with E-state index in [4.69, 9.17) is 0 Å². The van der Waals surface area contributed by atoms with Gasteiger partial charge in [0.15, 0.2) is 0 Å². The minimum Gasteiger partial charge on any atom is -0.508 e. The van der Waals surface area contributed by atoms with E-state index in [-0.39, 0.29) is 29.4 Å². The highest BCUT2D eigenvalue weighted by atomic mass is 19.1. The summed E-state index contributed by atoms with van der Waals surface area (Å²) in [6.07, 6.45) is 0. The molecule has 136 valence electrons. The zero-order valence-corrected chi connectivity index (χ0v) is 14.8. The van der Waals surface area contributed by atoms with Crippen LogP contribution in [-0.4, -0.2) is 52.4 Å². The molecule has 1 atom stereocenters. The van der Waals surface area contributed by atoms with Crippen LogP contribution in [0.25, 0.3) is 0 Å². The van der Waals surface area contributed by atoms with Crippen LogP contribution >= 0.6 is 0 Å². The first kappa shape index (κ1) is 17.9. The van der Waals surface area contributed by atoms with Gasteiger partial charge in [-0.3, -0.25) is 9.59 Å². The second-order valence-electron chi connectivity index (χ2n) is 6.61. The number of rotatable bonds is 2. The van der Waals surface area contributed by atoms with Crippen LogP contribution in [0.15, 0.2) is 42.5 Å². The van der Waals surface area contributed by atoms with Crippen LogP contribution in [0.2, 0.25) is 0 Å². The highest BCUT2D eigenvalue weighted by Gasteiger charge is 2.30. The Balaban J connectivity index is 1.69. The number of benzene rings is 2. The highest BCUT2D eigenvalue weighted by Crippen LogP contribution is 2.21. The molecule has 1 saturated heterocycles. The summed E-state index contributed by atoms with van der Waals surface area (Å²) in [7, 11) is 0. The number of aryl methyl sites for hydroxylation is 1. The van der Waals surface area contributed by atoms with Crippen LogP contribution in [0.1, 0.15) is 33.2 Å². The van der Waals surface area contributed by atoms with Crippen LogP contribution in [-0.2, 0) is 0 Å². The Kier molecular flexibility index (Phi) is 4.93. The molecule has 1 heterocycles. The number of phenolic OH excluding ortho intramolecular Hbond substituents is 1. The Morgan fingerprint density at radius 1 is 1.04 bits per heavy atom. The van der Waals surface area contributed by atoms with Crippen LogP contribution in [0.5, 0.6) is 5.75 Å². The van der Waals surface area contributed by atoms with Gasteiger partial charge in [-0.15, -0.1) is 0 Å². The fourth-order valence-corrected chi connectivity index (χ4v) is 3.17. The minimum absolute atomic E-state index is 0.116. The number of hydrogen-bond donors (Lipinski definition) is 1. The maximum atomic E-state index is 13.0. The summed E-state index contributed by atoms with van der Waals surface area (Å²) in [6, 6.07) is 10.1. The summed E-state index contributed by atoms with van der Waals surface area (Å²) in [5.74, 6) is -0.502. The molecule has 2 aromatic rings. The molecule has 0 bridgehead atoms. The largest absolute Gasteiger partial charge is 0.508 e. The molecule has 3 rings (SSSR count). The molecule has 6 heteroatoms. The lowest BCUT2D eigenvalue weighted by atomic mass is 10.1. The number of hydrogen-bond acceptors (Lipinski definition) is 3. The average molecular weight is 356 g/mol. The van der Waals surface area contributed by atoms with Crippen molar-refractivity contribution >= 4 is 11.8 Å². The van der Waals surface area contributed by atoms with Crippen LogP contribution < -0.4 is 0 Å². The summed E-state index contributed by atoms with van der Waals surface area (Å²) >= 11 is 0. The lowest BCUT2D eigenvalue weighted by Crippen LogP contribution is -2.55. The monoisotopic (exact) mass is 356 g/mol. The molecule has 5 nitrogen and oxygen atoms in total. The van der Waals surface area contributed by atoms with Crippen LogP contribution in [0.3, 0.4) is 0 Å². The van der Waals surface area contributed by atoms with E-state index in [0.29, 0.717) is 36.3 Å². The molecule has 1 fully saturated rings. The van der Waals surface area contributed by atoms with Gasteiger partial charge in [0.1, 0.15) is 11.6 Å². The fraction of sp³-hybridized carbons (Fsp3) is 0.300. The third kappa shape index (κ3) is 3.54. The lowest BCUT2D eigenvalue weighted by Gasteiger charge is -2.40. The van der Waals surface area contributed by atoms with E-state index in [0.717, 1.165) is 0 Å². The van der Waals surface area contributed by atoms with Crippen molar-refractivity contribution in [2.24, 2.45) is 0 Å². The van der Waals surface area contributed by atoms with Gasteiger partial charge < -0.3 is 14.9 Å². The Bertz CT molecular complexity index is 835. The molecular formula is C20H21FN2O3. The second-order valence-corrected chi connectivity index (χ2v) is 6.61. The smallest absolute Gasteiger partial charge is 0.254 e.